The van der Waals surface area contributed by atoms with Gasteiger partial charge in [-0.15, -0.1) is 11.3 Å². The van der Waals surface area contributed by atoms with E-state index >= 15 is 0 Å². The summed E-state index contributed by atoms with van der Waals surface area (Å²) in [5, 5.41) is 3.15. The van der Waals surface area contributed by atoms with E-state index in [2.05, 4.69) is 11.9 Å². The third-order valence-electron chi connectivity index (χ3n) is 3.94. The fourth-order valence-electron chi connectivity index (χ4n) is 2.96. The zero-order chi connectivity index (χ0) is 12.8. The Morgan fingerprint density at radius 2 is 2.11 bits per heavy atom. The maximum Gasteiger partial charge on any atom is 0.0941 e. The molecule has 102 valence electrons. The van der Waals surface area contributed by atoms with Gasteiger partial charge in [0.2, 0.25) is 0 Å². The lowest BCUT2D eigenvalue weighted by Gasteiger charge is -2.38. The van der Waals surface area contributed by atoms with E-state index in [4.69, 9.17) is 10.5 Å². The van der Waals surface area contributed by atoms with Gasteiger partial charge >= 0.3 is 0 Å². The first-order valence-electron chi connectivity index (χ1n) is 7.05. The molecule has 1 aliphatic rings. The van der Waals surface area contributed by atoms with Crippen LogP contribution in [-0.4, -0.2) is 23.2 Å². The molecule has 2 rings (SSSR count). The van der Waals surface area contributed by atoms with Crippen molar-refractivity contribution in [3.63, 3.8) is 0 Å². The molecule has 4 heteroatoms. The Kier molecular flexibility index (Phi) is 5.15. The van der Waals surface area contributed by atoms with E-state index in [9.17, 15) is 0 Å². The average Bonchev–Trinajstić information content (AvgIpc) is 2.74. The van der Waals surface area contributed by atoms with Crippen LogP contribution in [0.5, 0.6) is 0 Å². The van der Waals surface area contributed by atoms with Gasteiger partial charge in [-0.1, -0.05) is 25.7 Å². The summed E-state index contributed by atoms with van der Waals surface area (Å²) in [6, 6.07) is 0.0710. The average molecular weight is 268 g/mol. The van der Waals surface area contributed by atoms with E-state index in [0.29, 0.717) is 0 Å². The van der Waals surface area contributed by atoms with Gasteiger partial charge in [0.1, 0.15) is 0 Å². The van der Waals surface area contributed by atoms with E-state index in [1.54, 1.807) is 11.3 Å². The molecule has 1 atom stereocenters. The summed E-state index contributed by atoms with van der Waals surface area (Å²) in [5.41, 5.74) is 6.36. The molecule has 1 aromatic heterocycles. The lowest BCUT2D eigenvalue weighted by molar-refractivity contribution is -0.0683. The summed E-state index contributed by atoms with van der Waals surface area (Å²) in [7, 11) is 0. The highest BCUT2D eigenvalue weighted by Gasteiger charge is 2.38. The monoisotopic (exact) mass is 268 g/mol. The number of nitrogens with two attached hydrogens (primary N) is 1. The first-order valence-corrected chi connectivity index (χ1v) is 7.93. The van der Waals surface area contributed by atoms with Crippen LogP contribution < -0.4 is 5.73 Å². The lowest BCUT2D eigenvalue weighted by Crippen LogP contribution is -2.51. The number of ether oxygens (including phenoxy) is 1. The Balaban J connectivity index is 2.06. The van der Waals surface area contributed by atoms with E-state index in [-0.39, 0.29) is 11.6 Å². The van der Waals surface area contributed by atoms with Crippen LogP contribution in [0, 0.1) is 0 Å². The van der Waals surface area contributed by atoms with Crippen molar-refractivity contribution >= 4 is 11.3 Å². The largest absolute Gasteiger partial charge is 0.374 e. The summed E-state index contributed by atoms with van der Waals surface area (Å²) < 4.78 is 6.11. The van der Waals surface area contributed by atoms with Gasteiger partial charge in [0.15, 0.2) is 0 Å². The number of rotatable bonds is 5. The van der Waals surface area contributed by atoms with Crippen molar-refractivity contribution in [2.75, 3.05) is 6.61 Å². The molecular formula is C14H24N2OS. The molecule has 1 unspecified atom stereocenters. The second kappa shape index (κ2) is 6.64. The van der Waals surface area contributed by atoms with Gasteiger partial charge in [0.05, 0.1) is 10.6 Å². The van der Waals surface area contributed by atoms with Gasteiger partial charge in [-0.3, -0.25) is 0 Å². The Labute approximate surface area is 114 Å². The highest BCUT2D eigenvalue weighted by molar-refractivity contribution is 7.09. The van der Waals surface area contributed by atoms with E-state index in [1.807, 2.05) is 11.6 Å². The fourth-order valence-corrected chi connectivity index (χ4v) is 3.64. The minimum absolute atomic E-state index is 0.0710. The SMILES string of the molecule is CCOC1(C(N)Cc2nccs2)CCCCCC1. The smallest absolute Gasteiger partial charge is 0.0941 e. The predicted molar refractivity (Wildman–Crippen MR) is 75.9 cm³/mol. The van der Waals surface area contributed by atoms with Crippen molar-refractivity contribution in [2.24, 2.45) is 5.73 Å². The van der Waals surface area contributed by atoms with Crippen LogP contribution in [0.2, 0.25) is 0 Å². The van der Waals surface area contributed by atoms with Gasteiger partial charge in [-0.25, -0.2) is 4.98 Å². The number of aromatic nitrogens is 1. The maximum atomic E-state index is 6.47. The molecule has 1 heterocycles. The third kappa shape index (κ3) is 3.31. The molecule has 1 saturated carbocycles. The van der Waals surface area contributed by atoms with Gasteiger partial charge in [-0.05, 0) is 19.8 Å². The summed E-state index contributed by atoms with van der Waals surface area (Å²) in [6.07, 6.45) is 10.0. The number of nitrogens with zero attached hydrogens (tertiary/aromatic N) is 1. The molecule has 0 aromatic carbocycles. The Hall–Kier alpha value is -0.450. The molecule has 1 fully saturated rings. The van der Waals surface area contributed by atoms with Crippen molar-refractivity contribution < 1.29 is 4.74 Å². The Morgan fingerprint density at radius 1 is 1.39 bits per heavy atom. The standard InChI is InChI=1S/C14H24N2OS/c1-2-17-14(7-5-3-4-6-8-14)12(15)11-13-16-9-10-18-13/h9-10,12H,2-8,11,15H2,1H3. The van der Waals surface area contributed by atoms with E-state index in [1.165, 1.54) is 25.7 Å². The third-order valence-corrected chi connectivity index (χ3v) is 4.74. The molecule has 0 spiro atoms. The van der Waals surface area contributed by atoms with Gasteiger partial charge in [0, 0.05) is 30.6 Å². The minimum Gasteiger partial charge on any atom is -0.374 e. The molecule has 1 aliphatic carbocycles. The molecule has 0 bridgehead atoms. The molecule has 0 saturated heterocycles. The maximum absolute atomic E-state index is 6.47. The van der Waals surface area contributed by atoms with Gasteiger partial charge in [0.25, 0.3) is 0 Å². The predicted octanol–water partition coefficient (Wildman–Crippen LogP) is 3.14. The molecule has 0 aliphatic heterocycles. The molecule has 0 radical (unpaired) electrons. The van der Waals surface area contributed by atoms with Crippen LogP contribution in [0.4, 0.5) is 0 Å². The van der Waals surface area contributed by atoms with Crippen molar-refractivity contribution in [1.29, 1.82) is 0 Å². The lowest BCUT2D eigenvalue weighted by atomic mass is 9.85. The first kappa shape index (κ1) is 14.0. The summed E-state index contributed by atoms with van der Waals surface area (Å²) in [4.78, 5) is 4.35. The first-order chi connectivity index (χ1) is 8.77. The molecule has 2 N–H and O–H groups in total. The highest BCUT2D eigenvalue weighted by Crippen LogP contribution is 2.34. The van der Waals surface area contributed by atoms with Crippen molar-refractivity contribution in [1.82, 2.24) is 4.98 Å². The summed E-state index contributed by atoms with van der Waals surface area (Å²) >= 11 is 1.69. The van der Waals surface area contributed by atoms with Gasteiger partial charge in [-0.2, -0.15) is 0 Å². The quantitative estimate of drug-likeness (QED) is 0.835. The van der Waals surface area contributed by atoms with Crippen LogP contribution in [0.15, 0.2) is 11.6 Å². The zero-order valence-corrected chi connectivity index (χ0v) is 12.0. The van der Waals surface area contributed by atoms with Crippen LogP contribution in [0.3, 0.4) is 0 Å². The van der Waals surface area contributed by atoms with Gasteiger partial charge < -0.3 is 10.5 Å². The number of thiazole rings is 1. The van der Waals surface area contributed by atoms with Crippen LogP contribution >= 0.6 is 11.3 Å². The van der Waals surface area contributed by atoms with Crippen LogP contribution in [-0.2, 0) is 11.2 Å². The summed E-state index contributed by atoms with van der Waals surface area (Å²) in [6.45, 7) is 2.83. The minimum atomic E-state index is -0.114. The molecule has 0 amide bonds. The normalized spacial score (nSPS) is 21.4. The summed E-state index contributed by atoms with van der Waals surface area (Å²) in [5.74, 6) is 0. The number of hydrogen-bond donors (Lipinski definition) is 1. The molecular weight excluding hydrogens is 244 g/mol. The zero-order valence-electron chi connectivity index (χ0n) is 11.2. The van der Waals surface area contributed by atoms with Crippen molar-refractivity contribution in [3.05, 3.63) is 16.6 Å². The fraction of sp³-hybridized carbons (Fsp3) is 0.786. The Morgan fingerprint density at radius 3 is 2.67 bits per heavy atom. The van der Waals surface area contributed by atoms with E-state index < -0.39 is 0 Å². The second-order valence-corrected chi connectivity index (χ2v) is 6.13. The molecule has 3 nitrogen and oxygen atoms in total. The molecule has 18 heavy (non-hydrogen) atoms. The molecule has 1 aromatic rings. The van der Waals surface area contributed by atoms with Crippen LogP contribution in [0.25, 0.3) is 0 Å². The highest BCUT2D eigenvalue weighted by atomic mass is 32.1. The second-order valence-electron chi connectivity index (χ2n) is 5.15. The van der Waals surface area contributed by atoms with Crippen LogP contribution in [0.1, 0.15) is 50.5 Å². The topological polar surface area (TPSA) is 48.1 Å². The van der Waals surface area contributed by atoms with Crippen molar-refractivity contribution in [3.8, 4) is 0 Å². The number of hydrogen-bond acceptors (Lipinski definition) is 4. The van der Waals surface area contributed by atoms with Crippen molar-refractivity contribution in [2.45, 2.75) is 63.5 Å². The Bertz CT molecular complexity index is 332. The van der Waals surface area contributed by atoms with E-state index in [0.717, 1.165) is 30.9 Å².